The van der Waals surface area contributed by atoms with E-state index in [9.17, 15) is 13.2 Å². The Kier molecular flexibility index (Phi) is 6.77. The molecule has 0 fully saturated rings. The van der Waals surface area contributed by atoms with Crippen LogP contribution in [0.1, 0.15) is 63.6 Å². The molecule has 0 amide bonds. The lowest BCUT2D eigenvalue weighted by Crippen LogP contribution is -2.13. The normalized spacial score (nSPS) is 13.0. The standard InChI is InChI=1S/C25H29F3N4/c1-6-16(2)17-8-7-9-20(14-17)30-22-21(25(26,27)28)15-29-23(32-22)31-19-12-10-18(11-13-19)24(3,4)5/h7-16H,6H2,1-5H3,(H2,29,30,31,32). The largest absolute Gasteiger partial charge is 0.421 e. The maximum absolute atomic E-state index is 13.6. The van der Waals surface area contributed by atoms with Crippen molar-refractivity contribution in [2.75, 3.05) is 10.6 Å². The summed E-state index contributed by atoms with van der Waals surface area (Å²) in [5.41, 5.74) is 2.54. The lowest BCUT2D eigenvalue weighted by Gasteiger charge is -2.19. The summed E-state index contributed by atoms with van der Waals surface area (Å²) in [6, 6.07) is 15.1. The van der Waals surface area contributed by atoms with Crippen LogP contribution in [0.5, 0.6) is 0 Å². The molecule has 2 N–H and O–H groups in total. The summed E-state index contributed by atoms with van der Waals surface area (Å²) >= 11 is 0. The highest BCUT2D eigenvalue weighted by molar-refractivity contribution is 5.63. The van der Waals surface area contributed by atoms with Gasteiger partial charge in [-0.3, -0.25) is 0 Å². The molecule has 0 aliphatic carbocycles. The van der Waals surface area contributed by atoms with E-state index in [4.69, 9.17) is 0 Å². The van der Waals surface area contributed by atoms with E-state index in [0.29, 0.717) is 17.3 Å². The van der Waals surface area contributed by atoms with Crippen molar-refractivity contribution >= 4 is 23.1 Å². The average molecular weight is 443 g/mol. The first-order valence-electron chi connectivity index (χ1n) is 10.7. The van der Waals surface area contributed by atoms with Crippen LogP contribution in [-0.2, 0) is 11.6 Å². The molecule has 1 atom stereocenters. The maximum Gasteiger partial charge on any atom is 0.421 e. The molecule has 1 unspecified atom stereocenters. The Morgan fingerprint density at radius 2 is 1.62 bits per heavy atom. The minimum absolute atomic E-state index is 0.00425. The van der Waals surface area contributed by atoms with Gasteiger partial charge in [0, 0.05) is 17.6 Å². The Morgan fingerprint density at radius 3 is 2.22 bits per heavy atom. The van der Waals surface area contributed by atoms with Crippen molar-refractivity contribution in [1.29, 1.82) is 0 Å². The summed E-state index contributed by atoms with van der Waals surface area (Å²) in [5.74, 6) is 0.0993. The summed E-state index contributed by atoms with van der Waals surface area (Å²) in [4.78, 5) is 8.03. The summed E-state index contributed by atoms with van der Waals surface area (Å²) < 4.78 is 40.8. The van der Waals surface area contributed by atoms with Crippen LogP contribution in [0.2, 0.25) is 0 Å². The molecule has 0 saturated carbocycles. The second kappa shape index (κ2) is 9.18. The summed E-state index contributed by atoms with van der Waals surface area (Å²) in [5, 5.41) is 5.84. The van der Waals surface area contributed by atoms with E-state index in [1.165, 1.54) is 0 Å². The lowest BCUT2D eigenvalue weighted by atomic mass is 9.87. The van der Waals surface area contributed by atoms with Gasteiger partial charge in [0.25, 0.3) is 0 Å². The lowest BCUT2D eigenvalue weighted by molar-refractivity contribution is -0.137. The smallest absolute Gasteiger partial charge is 0.340 e. The number of nitrogens with one attached hydrogen (secondary N) is 2. The Morgan fingerprint density at radius 1 is 0.938 bits per heavy atom. The van der Waals surface area contributed by atoms with Gasteiger partial charge in [-0.05, 0) is 53.1 Å². The number of halogens is 3. The van der Waals surface area contributed by atoms with E-state index in [1.807, 2.05) is 42.5 Å². The van der Waals surface area contributed by atoms with E-state index in [1.54, 1.807) is 6.07 Å². The number of aromatic nitrogens is 2. The third-order valence-corrected chi connectivity index (χ3v) is 5.43. The van der Waals surface area contributed by atoms with Crippen LogP contribution in [0.15, 0.2) is 54.7 Å². The van der Waals surface area contributed by atoms with Crippen molar-refractivity contribution in [3.8, 4) is 0 Å². The first kappa shape index (κ1) is 23.6. The highest BCUT2D eigenvalue weighted by atomic mass is 19.4. The maximum atomic E-state index is 13.6. The van der Waals surface area contributed by atoms with Gasteiger partial charge in [0.2, 0.25) is 5.95 Å². The quantitative estimate of drug-likeness (QED) is 0.409. The number of nitrogens with zero attached hydrogens (tertiary/aromatic N) is 2. The van der Waals surface area contributed by atoms with Gasteiger partial charge in [0.1, 0.15) is 11.4 Å². The zero-order valence-corrected chi connectivity index (χ0v) is 19.0. The molecule has 0 saturated heterocycles. The third kappa shape index (κ3) is 5.78. The van der Waals surface area contributed by atoms with E-state index in [-0.39, 0.29) is 17.2 Å². The molecule has 7 heteroatoms. The van der Waals surface area contributed by atoms with Gasteiger partial charge >= 0.3 is 6.18 Å². The van der Waals surface area contributed by atoms with Crippen molar-refractivity contribution < 1.29 is 13.2 Å². The van der Waals surface area contributed by atoms with Crippen molar-refractivity contribution in [3.05, 3.63) is 71.4 Å². The molecule has 0 bridgehead atoms. The van der Waals surface area contributed by atoms with Crippen LogP contribution in [0.3, 0.4) is 0 Å². The molecule has 4 nitrogen and oxygen atoms in total. The van der Waals surface area contributed by atoms with E-state index >= 15 is 0 Å². The van der Waals surface area contributed by atoms with E-state index in [0.717, 1.165) is 23.7 Å². The van der Waals surface area contributed by atoms with Crippen molar-refractivity contribution in [2.24, 2.45) is 0 Å². The molecule has 1 heterocycles. The fourth-order valence-corrected chi connectivity index (χ4v) is 3.22. The van der Waals surface area contributed by atoms with E-state index < -0.39 is 11.7 Å². The highest BCUT2D eigenvalue weighted by Gasteiger charge is 2.35. The first-order chi connectivity index (χ1) is 15.0. The predicted octanol–water partition coefficient (Wildman–Crippen LogP) is 7.79. The van der Waals surface area contributed by atoms with Gasteiger partial charge in [0.15, 0.2) is 0 Å². The number of alkyl halides is 3. The first-order valence-corrected chi connectivity index (χ1v) is 10.7. The molecule has 32 heavy (non-hydrogen) atoms. The van der Waals surface area contributed by atoms with Crippen LogP contribution in [-0.4, -0.2) is 9.97 Å². The minimum atomic E-state index is -4.58. The molecule has 0 aliphatic rings. The zero-order chi connectivity index (χ0) is 23.5. The second-order valence-electron chi connectivity index (χ2n) is 8.97. The molecule has 2 aromatic carbocycles. The summed E-state index contributed by atoms with van der Waals surface area (Å²) in [7, 11) is 0. The molecule has 0 aliphatic heterocycles. The predicted molar refractivity (Wildman–Crippen MR) is 124 cm³/mol. The fraction of sp³-hybridized carbons (Fsp3) is 0.360. The molecule has 0 radical (unpaired) electrons. The molecule has 3 aromatic rings. The fourth-order valence-electron chi connectivity index (χ4n) is 3.22. The second-order valence-corrected chi connectivity index (χ2v) is 8.97. The number of rotatable bonds is 6. The highest BCUT2D eigenvalue weighted by Crippen LogP contribution is 2.36. The molecule has 0 spiro atoms. The number of hydrogen-bond acceptors (Lipinski definition) is 4. The van der Waals surface area contributed by atoms with Crippen molar-refractivity contribution in [3.63, 3.8) is 0 Å². The monoisotopic (exact) mass is 442 g/mol. The average Bonchev–Trinajstić information content (AvgIpc) is 2.72. The van der Waals surface area contributed by atoms with Crippen molar-refractivity contribution in [2.45, 2.75) is 58.5 Å². The summed E-state index contributed by atoms with van der Waals surface area (Å²) in [6.07, 6.45) is -2.84. The van der Waals surface area contributed by atoms with Crippen LogP contribution in [0.25, 0.3) is 0 Å². The Labute approximate surface area is 187 Å². The van der Waals surface area contributed by atoms with Gasteiger partial charge in [-0.1, -0.05) is 58.9 Å². The Balaban J connectivity index is 1.90. The van der Waals surface area contributed by atoms with Gasteiger partial charge in [-0.2, -0.15) is 18.2 Å². The van der Waals surface area contributed by atoms with Crippen LogP contribution in [0, 0.1) is 0 Å². The molecule has 170 valence electrons. The van der Waals surface area contributed by atoms with Gasteiger partial charge in [-0.25, -0.2) is 4.98 Å². The minimum Gasteiger partial charge on any atom is -0.340 e. The zero-order valence-electron chi connectivity index (χ0n) is 19.0. The molecule has 1 aromatic heterocycles. The van der Waals surface area contributed by atoms with Crippen LogP contribution >= 0.6 is 0 Å². The topological polar surface area (TPSA) is 49.8 Å². The SMILES string of the molecule is CCC(C)c1cccc(Nc2nc(Nc3ccc(C(C)(C)C)cc3)ncc2C(F)(F)F)c1. The third-order valence-electron chi connectivity index (χ3n) is 5.43. The number of benzene rings is 2. The Hall–Kier alpha value is -3.09. The van der Waals surface area contributed by atoms with Crippen LogP contribution in [0.4, 0.5) is 36.3 Å². The molecular weight excluding hydrogens is 413 g/mol. The number of anilines is 4. The number of hydrogen-bond donors (Lipinski definition) is 2. The Bertz CT molecular complexity index is 1050. The van der Waals surface area contributed by atoms with Gasteiger partial charge < -0.3 is 10.6 Å². The van der Waals surface area contributed by atoms with Crippen molar-refractivity contribution in [1.82, 2.24) is 9.97 Å². The van der Waals surface area contributed by atoms with Crippen LogP contribution < -0.4 is 10.6 Å². The van der Waals surface area contributed by atoms with E-state index in [2.05, 4.69) is 55.2 Å². The van der Waals surface area contributed by atoms with Gasteiger partial charge in [0.05, 0.1) is 0 Å². The van der Waals surface area contributed by atoms with Gasteiger partial charge in [-0.15, -0.1) is 0 Å². The molecular formula is C25H29F3N4. The summed E-state index contributed by atoms with van der Waals surface area (Å²) in [6.45, 7) is 10.5. The molecule has 3 rings (SSSR count).